The van der Waals surface area contributed by atoms with Crippen molar-refractivity contribution in [3.63, 3.8) is 0 Å². The fourth-order valence-corrected chi connectivity index (χ4v) is 4.94. The maximum absolute atomic E-state index is 9.77. The molecule has 1 aliphatic rings. The standard InChI is InChI=1S/C20H20N8OS/c1-10-11(2)30-20-17(10)18(13-5-7-14(29)8-6-13)21-15(9-16-23-26-27(4)25-16)19-24-22-12(3)28(19)20/h5-8,15,29H,9H2,1-4H3/t15-/m1/s1. The fourth-order valence-electron chi connectivity index (χ4n) is 3.72. The van der Waals surface area contributed by atoms with Gasteiger partial charge in [0, 0.05) is 22.4 Å². The summed E-state index contributed by atoms with van der Waals surface area (Å²) in [6.07, 6.45) is 0.459. The molecule has 152 valence electrons. The lowest BCUT2D eigenvalue weighted by atomic mass is 9.99. The highest BCUT2D eigenvalue weighted by molar-refractivity contribution is 7.15. The number of hydrogen-bond donors (Lipinski definition) is 1. The Morgan fingerprint density at radius 3 is 2.53 bits per heavy atom. The van der Waals surface area contributed by atoms with Gasteiger partial charge in [-0.15, -0.1) is 31.7 Å². The molecule has 3 aromatic heterocycles. The Bertz CT molecular complexity index is 1280. The Morgan fingerprint density at radius 1 is 1.07 bits per heavy atom. The van der Waals surface area contributed by atoms with Crippen molar-refractivity contribution in [2.75, 3.05) is 0 Å². The molecule has 5 rings (SSSR count). The molecule has 0 fully saturated rings. The van der Waals surface area contributed by atoms with Crippen molar-refractivity contribution in [2.45, 2.75) is 33.2 Å². The van der Waals surface area contributed by atoms with Gasteiger partial charge >= 0.3 is 0 Å². The summed E-state index contributed by atoms with van der Waals surface area (Å²) in [6.45, 7) is 6.18. The van der Waals surface area contributed by atoms with Crippen molar-refractivity contribution in [3.05, 3.63) is 63.3 Å². The topological polar surface area (TPSA) is 107 Å². The minimum absolute atomic E-state index is 0.222. The summed E-state index contributed by atoms with van der Waals surface area (Å²) in [7, 11) is 1.74. The first-order valence-electron chi connectivity index (χ1n) is 9.55. The summed E-state index contributed by atoms with van der Waals surface area (Å²) in [4.78, 5) is 7.81. The zero-order valence-corrected chi connectivity index (χ0v) is 17.8. The van der Waals surface area contributed by atoms with Crippen LogP contribution in [0.5, 0.6) is 5.75 Å². The number of tetrazole rings is 1. The molecule has 0 unspecified atom stereocenters. The first-order chi connectivity index (χ1) is 14.4. The van der Waals surface area contributed by atoms with E-state index < -0.39 is 0 Å². The maximum Gasteiger partial charge on any atom is 0.177 e. The number of fused-ring (bicyclic) bond motifs is 3. The van der Waals surface area contributed by atoms with Crippen molar-refractivity contribution in [3.8, 4) is 10.8 Å². The van der Waals surface area contributed by atoms with Crippen LogP contribution in [-0.4, -0.2) is 45.8 Å². The summed E-state index contributed by atoms with van der Waals surface area (Å²) in [5.74, 6) is 2.39. The largest absolute Gasteiger partial charge is 0.508 e. The molecule has 4 aromatic rings. The molecule has 1 aliphatic heterocycles. The first kappa shape index (κ1) is 18.6. The van der Waals surface area contributed by atoms with Gasteiger partial charge in [-0.1, -0.05) is 0 Å². The SMILES string of the molecule is Cc1sc2c(c1C)C(c1ccc(O)cc1)=N[C@H](Cc1nnn(C)n1)c1nnc(C)n1-2. The lowest BCUT2D eigenvalue weighted by Gasteiger charge is -2.11. The molecule has 1 atom stereocenters. The number of aryl methyl sites for hydroxylation is 3. The second kappa shape index (κ2) is 6.84. The molecule has 0 saturated carbocycles. The summed E-state index contributed by atoms with van der Waals surface area (Å²) >= 11 is 1.71. The van der Waals surface area contributed by atoms with Crippen LogP contribution in [0, 0.1) is 20.8 Å². The van der Waals surface area contributed by atoms with Crippen molar-refractivity contribution in [2.24, 2.45) is 12.0 Å². The molecule has 1 N–H and O–H groups in total. The van der Waals surface area contributed by atoms with Gasteiger partial charge in [-0.25, -0.2) is 0 Å². The highest BCUT2D eigenvalue weighted by Gasteiger charge is 2.32. The van der Waals surface area contributed by atoms with Crippen LogP contribution in [0.1, 0.15) is 45.1 Å². The lowest BCUT2D eigenvalue weighted by molar-refractivity contribution is 0.475. The summed E-state index contributed by atoms with van der Waals surface area (Å²) in [5, 5.41) is 32.1. The van der Waals surface area contributed by atoms with E-state index in [4.69, 9.17) is 4.99 Å². The zero-order valence-electron chi connectivity index (χ0n) is 17.0. The fraction of sp³-hybridized carbons (Fsp3) is 0.300. The van der Waals surface area contributed by atoms with Gasteiger partial charge in [-0.05, 0) is 55.8 Å². The van der Waals surface area contributed by atoms with Gasteiger partial charge in [-0.2, -0.15) is 4.80 Å². The molecule has 4 heterocycles. The predicted molar refractivity (Wildman–Crippen MR) is 112 cm³/mol. The van der Waals surface area contributed by atoms with Crippen LogP contribution in [0.3, 0.4) is 0 Å². The molecule has 0 radical (unpaired) electrons. The Labute approximate surface area is 176 Å². The van der Waals surface area contributed by atoms with E-state index in [9.17, 15) is 5.11 Å². The number of hydrogen-bond acceptors (Lipinski definition) is 8. The molecule has 0 saturated heterocycles. The minimum atomic E-state index is -0.321. The van der Waals surface area contributed by atoms with Crippen LogP contribution >= 0.6 is 11.3 Å². The van der Waals surface area contributed by atoms with E-state index in [0.717, 1.165) is 33.5 Å². The van der Waals surface area contributed by atoms with Crippen LogP contribution < -0.4 is 0 Å². The van der Waals surface area contributed by atoms with Gasteiger partial charge < -0.3 is 5.11 Å². The Morgan fingerprint density at radius 2 is 1.83 bits per heavy atom. The van der Waals surface area contributed by atoms with Gasteiger partial charge in [-0.3, -0.25) is 9.56 Å². The number of rotatable bonds is 3. The van der Waals surface area contributed by atoms with Crippen molar-refractivity contribution in [1.29, 1.82) is 0 Å². The summed E-state index contributed by atoms with van der Waals surface area (Å²) < 4.78 is 2.10. The smallest absolute Gasteiger partial charge is 0.177 e. The van der Waals surface area contributed by atoms with Crippen LogP contribution in [0.25, 0.3) is 5.00 Å². The number of thiophene rings is 1. The second-order valence-corrected chi connectivity index (χ2v) is 8.55. The average Bonchev–Trinajstić information content (AvgIpc) is 3.35. The van der Waals surface area contributed by atoms with E-state index in [-0.39, 0.29) is 11.8 Å². The van der Waals surface area contributed by atoms with Crippen LogP contribution in [-0.2, 0) is 13.5 Å². The van der Waals surface area contributed by atoms with Crippen LogP contribution in [0.4, 0.5) is 0 Å². The molecule has 1 aromatic carbocycles. The number of aromatic nitrogens is 7. The molecule has 0 spiro atoms. The van der Waals surface area contributed by atoms with Gasteiger partial charge in [0.1, 0.15) is 22.6 Å². The van der Waals surface area contributed by atoms with Crippen molar-refractivity contribution in [1.82, 2.24) is 35.0 Å². The molecule has 0 aliphatic carbocycles. The third kappa shape index (κ3) is 2.91. The summed E-state index contributed by atoms with van der Waals surface area (Å²) in [5.41, 5.74) is 4.05. The van der Waals surface area contributed by atoms with Gasteiger partial charge in [0.15, 0.2) is 11.6 Å². The van der Waals surface area contributed by atoms with Crippen molar-refractivity contribution < 1.29 is 5.11 Å². The van der Waals surface area contributed by atoms with E-state index in [1.54, 1.807) is 30.5 Å². The van der Waals surface area contributed by atoms with Gasteiger partial charge in [0.25, 0.3) is 0 Å². The van der Waals surface area contributed by atoms with Crippen LogP contribution in [0.2, 0.25) is 0 Å². The Hall–Kier alpha value is -3.40. The number of aromatic hydroxyl groups is 1. The van der Waals surface area contributed by atoms with E-state index in [0.29, 0.717) is 12.2 Å². The Balaban J connectivity index is 1.76. The molecular formula is C20H20N8OS. The second-order valence-electron chi connectivity index (χ2n) is 7.34. The Kier molecular flexibility index (Phi) is 4.24. The van der Waals surface area contributed by atoms with E-state index in [2.05, 4.69) is 44.0 Å². The van der Waals surface area contributed by atoms with E-state index in [1.165, 1.54) is 15.2 Å². The monoisotopic (exact) mass is 420 g/mol. The molecule has 0 bridgehead atoms. The molecular weight excluding hydrogens is 400 g/mol. The number of nitrogens with zero attached hydrogens (tertiary/aromatic N) is 8. The third-order valence-electron chi connectivity index (χ3n) is 5.31. The maximum atomic E-state index is 9.77. The number of aliphatic imine (C=N–C) groups is 1. The zero-order chi connectivity index (χ0) is 21.0. The molecule has 0 amide bonds. The average molecular weight is 421 g/mol. The first-order valence-corrected chi connectivity index (χ1v) is 10.4. The van der Waals surface area contributed by atoms with Crippen molar-refractivity contribution >= 4 is 17.0 Å². The predicted octanol–water partition coefficient (Wildman–Crippen LogP) is 2.62. The van der Waals surface area contributed by atoms with Gasteiger partial charge in [0.2, 0.25) is 0 Å². The van der Waals surface area contributed by atoms with Gasteiger partial charge in [0.05, 0.1) is 12.8 Å². The lowest BCUT2D eigenvalue weighted by Crippen LogP contribution is -2.10. The number of benzene rings is 1. The highest BCUT2D eigenvalue weighted by atomic mass is 32.1. The van der Waals surface area contributed by atoms with Crippen LogP contribution in [0.15, 0.2) is 29.3 Å². The third-order valence-corrected chi connectivity index (χ3v) is 6.50. The van der Waals surface area contributed by atoms with E-state index >= 15 is 0 Å². The number of phenols is 1. The molecule has 30 heavy (non-hydrogen) atoms. The number of phenolic OH excluding ortho intramolecular Hbond substituents is 1. The quantitative estimate of drug-likeness (QED) is 0.546. The normalized spacial score (nSPS) is 15.5. The minimum Gasteiger partial charge on any atom is -0.508 e. The molecule has 9 nitrogen and oxygen atoms in total. The van der Waals surface area contributed by atoms with E-state index in [1.807, 2.05) is 19.1 Å². The summed E-state index contributed by atoms with van der Waals surface area (Å²) in [6, 6.07) is 6.82. The highest BCUT2D eigenvalue weighted by Crippen LogP contribution is 2.39. The molecule has 10 heteroatoms.